The first-order valence-corrected chi connectivity index (χ1v) is 10.4. The van der Waals surface area contributed by atoms with E-state index >= 15 is 0 Å². The Morgan fingerprint density at radius 2 is 2.08 bits per heavy atom. The predicted octanol–water partition coefficient (Wildman–Crippen LogP) is 4.85. The van der Waals surface area contributed by atoms with Crippen LogP contribution in [0.3, 0.4) is 0 Å². The van der Waals surface area contributed by atoms with Gasteiger partial charge in [0, 0.05) is 22.4 Å². The number of amides is 1. The summed E-state index contributed by atoms with van der Waals surface area (Å²) in [6.45, 7) is 5.31. The molecule has 1 atom stereocenters. The Kier molecular flexibility index (Phi) is 4.78. The molecule has 3 aromatic rings. The Morgan fingerprint density at radius 1 is 1.27 bits per heavy atom. The Labute approximate surface area is 161 Å². The third-order valence-corrected chi connectivity index (χ3v) is 6.51. The van der Waals surface area contributed by atoms with Gasteiger partial charge in [0.25, 0.3) is 5.91 Å². The minimum absolute atomic E-state index is 0.0797. The highest BCUT2D eigenvalue weighted by Gasteiger charge is 2.28. The fraction of sp³-hybridized carbons (Fsp3) is 0.300. The Morgan fingerprint density at radius 3 is 2.81 bits per heavy atom. The van der Waals surface area contributed by atoms with Gasteiger partial charge in [-0.3, -0.25) is 4.79 Å². The number of carbonyl (C=O) groups excluding carboxylic acids is 1. The number of hydrogen-bond donors (Lipinski definition) is 0. The molecule has 4 nitrogen and oxygen atoms in total. The van der Waals surface area contributed by atoms with Crippen LogP contribution in [0.2, 0.25) is 0 Å². The number of hydrogen-bond acceptors (Lipinski definition) is 5. The number of fused-ring (bicyclic) bond motifs is 1. The van der Waals surface area contributed by atoms with E-state index in [-0.39, 0.29) is 11.9 Å². The Balaban J connectivity index is 1.42. The fourth-order valence-corrected chi connectivity index (χ4v) is 4.84. The molecule has 0 saturated heterocycles. The third-order valence-electron chi connectivity index (χ3n) is 4.69. The van der Waals surface area contributed by atoms with E-state index < -0.39 is 0 Å². The number of rotatable bonds is 4. The summed E-state index contributed by atoms with van der Waals surface area (Å²) in [4.78, 5) is 20.7. The molecule has 1 amide bonds. The highest BCUT2D eigenvalue weighted by molar-refractivity contribution is 7.10. The Bertz CT molecular complexity index is 914. The molecule has 134 valence electrons. The minimum Gasteiger partial charge on any atom is -0.487 e. The highest BCUT2D eigenvalue weighted by Crippen LogP contribution is 2.33. The third kappa shape index (κ3) is 3.39. The van der Waals surface area contributed by atoms with Crippen molar-refractivity contribution in [3.63, 3.8) is 0 Å². The molecule has 26 heavy (non-hydrogen) atoms. The second kappa shape index (κ2) is 7.21. The van der Waals surface area contributed by atoms with Crippen LogP contribution >= 0.6 is 22.7 Å². The number of thiazole rings is 1. The molecule has 0 aliphatic carbocycles. The molecule has 1 aliphatic heterocycles. The van der Waals surface area contributed by atoms with Crippen LogP contribution in [0, 0.1) is 6.92 Å². The van der Waals surface area contributed by atoms with Crippen molar-refractivity contribution in [2.75, 3.05) is 6.54 Å². The van der Waals surface area contributed by atoms with Crippen molar-refractivity contribution in [2.45, 2.75) is 32.9 Å². The number of nitrogens with zero attached hydrogens (tertiary/aromatic N) is 2. The van der Waals surface area contributed by atoms with Gasteiger partial charge in [0.15, 0.2) is 0 Å². The first kappa shape index (κ1) is 17.2. The number of ether oxygens (including phenoxy) is 1. The summed E-state index contributed by atoms with van der Waals surface area (Å²) in [6, 6.07) is 9.68. The first-order chi connectivity index (χ1) is 12.6. The van der Waals surface area contributed by atoms with E-state index in [9.17, 15) is 4.79 Å². The van der Waals surface area contributed by atoms with Crippen LogP contribution in [-0.4, -0.2) is 22.3 Å². The van der Waals surface area contributed by atoms with E-state index in [1.165, 1.54) is 10.4 Å². The minimum atomic E-state index is 0.0797. The molecule has 0 fully saturated rings. The molecule has 0 spiro atoms. The normalized spacial score (nSPS) is 16.4. The van der Waals surface area contributed by atoms with Crippen LogP contribution in [-0.2, 0) is 13.0 Å². The monoisotopic (exact) mass is 384 g/mol. The van der Waals surface area contributed by atoms with Gasteiger partial charge in [-0.15, -0.1) is 22.7 Å². The topological polar surface area (TPSA) is 42.4 Å². The van der Waals surface area contributed by atoms with Crippen LogP contribution in [0.15, 0.2) is 41.1 Å². The number of aryl methyl sites for hydroxylation is 1. The smallest absolute Gasteiger partial charge is 0.254 e. The van der Waals surface area contributed by atoms with Gasteiger partial charge in [0.1, 0.15) is 12.4 Å². The summed E-state index contributed by atoms with van der Waals surface area (Å²) >= 11 is 3.40. The summed E-state index contributed by atoms with van der Waals surface area (Å²) in [5.74, 6) is 0.829. The summed E-state index contributed by atoms with van der Waals surface area (Å²) in [6.07, 6.45) is 0.942. The number of carbonyl (C=O) groups is 1. The molecule has 0 bridgehead atoms. The van der Waals surface area contributed by atoms with E-state index in [0.29, 0.717) is 12.2 Å². The predicted molar refractivity (Wildman–Crippen MR) is 105 cm³/mol. The SMILES string of the molecule is Cc1nc(COc2ccc(C(=O)N3CCc4sccc4[C@H]3C)cc2)cs1. The molecule has 0 unspecified atom stereocenters. The average Bonchev–Trinajstić information content (AvgIpc) is 3.29. The van der Waals surface area contributed by atoms with Gasteiger partial charge in [-0.2, -0.15) is 0 Å². The Hall–Kier alpha value is -2.18. The lowest BCUT2D eigenvalue weighted by molar-refractivity contribution is 0.0679. The van der Waals surface area contributed by atoms with Crippen molar-refractivity contribution in [3.8, 4) is 5.75 Å². The second-order valence-corrected chi connectivity index (χ2v) is 8.46. The summed E-state index contributed by atoms with van der Waals surface area (Å²) < 4.78 is 5.76. The van der Waals surface area contributed by atoms with Gasteiger partial charge in [-0.1, -0.05) is 0 Å². The zero-order valence-electron chi connectivity index (χ0n) is 14.8. The van der Waals surface area contributed by atoms with Crippen LogP contribution in [0.4, 0.5) is 0 Å². The van der Waals surface area contributed by atoms with Crippen molar-refractivity contribution in [1.29, 1.82) is 0 Å². The molecule has 6 heteroatoms. The van der Waals surface area contributed by atoms with Crippen LogP contribution in [0.5, 0.6) is 5.75 Å². The molecule has 0 N–H and O–H groups in total. The van der Waals surface area contributed by atoms with Gasteiger partial charge in [0.05, 0.1) is 16.7 Å². The van der Waals surface area contributed by atoms with E-state index in [4.69, 9.17) is 4.74 Å². The van der Waals surface area contributed by atoms with Gasteiger partial charge in [-0.25, -0.2) is 4.98 Å². The molecule has 0 saturated carbocycles. The van der Waals surface area contributed by atoms with Gasteiger partial charge < -0.3 is 9.64 Å². The molecule has 0 radical (unpaired) electrons. The molecule has 3 heterocycles. The quantitative estimate of drug-likeness (QED) is 0.646. The summed E-state index contributed by atoms with van der Waals surface area (Å²) in [5, 5.41) is 5.16. The maximum Gasteiger partial charge on any atom is 0.254 e. The van der Waals surface area contributed by atoms with E-state index in [1.54, 1.807) is 22.7 Å². The standard InChI is InChI=1S/C20H20N2O2S2/c1-13-18-8-10-25-19(18)7-9-22(13)20(23)15-3-5-17(6-4-15)24-11-16-12-26-14(2)21-16/h3-6,8,10,12-13H,7,9,11H2,1-2H3/t13-/m1/s1. The van der Waals surface area contributed by atoms with Gasteiger partial charge in [0.2, 0.25) is 0 Å². The van der Waals surface area contributed by atoms with Crippen molar-refractivity contribution < 1.29 is 9.53 Å². The molecule has 1 aromatic carbocycles. The largest absolute Gasteiger partial charge is 0.487 e. The summed E-state index contributed by atoms with van der Waals surface area (Å²) in [5.41, 5.74) is 2.92. The first-order valence-electron chi connectivity index (χ1n) is 8.63. The van der Waals surface area contributed by atoms with Crippen molar-refractivity contribution in [3.05, 3.63) is 67.8 Å². The van der Waals surface area contributed by atoms with Gasteiger partial charge >= 0.3 is 0 Å². The maximum absolute atomic E-state index is 12.9. The van der Waals surface area contributed by atoms with Crippen molar-refractivity contribution in [1.82, 2.24) is 9.88 Å². The fourth-order valence-electron chi connectivity index (χ4n) is 3.28. The van der Waals surface area contributed by atoms with Crippen LogP contribution < -0.4 is 4.74 Å². The zero-order chi connectivity index (χ0) is 18.1. The van der Waals surface area contributed by atoms with Gasteiger partial charge in [-0.05, 0) is 61.5 Å². The van der Waals surface area contributed by atoms with E-state index in [1.807, 2.05) is 41.5 Å². The average molecular weight is 385 g/mol. The number of benzene rings is 1. The van der Waals surface area contributed by atoms with E-state index in [2.05, 4.69) is 23.4 Å². The number of aromatic nitrogens is 1. The zero-order valence-corrected chi connectivity index (χ0v) is 16.4. The lowest BCUT2D eigenvalue weighted by atomic mass is 10.0. The van der Waals surface area contributed by atoms with Crippen molar-refractivity contribution in [2.24, 2.45) is 0 Å². The molecule has 1 aliphatic rings. The highest BCUT2D eigenvalue weighted by atomic mass is 32.1. The van der Waals surface area contributed by atoms with Crippen molar-refractivity contribution >= 4 is 28.6 Å². The molecule has 2 aromatic heterocycles. The molecular formula is C20H20N2O2S2. The molecular weight excluding hydrogens is 364 g/mol. The van der Waals surface area contributed by atoms with Crippen LogP contribution in [0.1, 0.15) is 44.5 Å². The lowest BCUT2D eigenvalue weighted by Crippen LogP contribution is -2.38. The molecule has 4 rings (SSSR count). The lowest BCUT2D eigenvalue weighted by Gasteiger charge is -2.33. The van der Waals surface area contributed by atoms with Crippen LogP contribution in [0.25, 0.3) is 0 Å². The number of thiophene rings is 1. The second-order valence-electron chi connectivity index (χ2n) is 6.39. The summed E-state index contributed by atoms with van der Waals surface area (Å²) in [7, 11) is 0. The van der Waals surface area contributed by atoms with E-state index in [0.717, 1.165) is 29.4 Å². The maximum atomic E-state index is 12.9.